The standard InChI is InChI=1S/C22H14ClF3N2O2/c23-16-8-11-19-18(12-16)20(15-4-2-1-3-5-15)21(22(24,25)26)27(19)13-14-6-9-17(10-7-14)28(29)30/h1-12H,13H2. The highest BCUT2D eigenvalue weighted by atomic mass is 35.5. The number of fused-ring (bicyclic) bond motifs is 1. The van der Waals surface area contributed by atoms with E-state index in [1.54, 1.807) is 42.5 Å². The molecular weight excluding hydrogens is 417 g/mol. The van der Waals surface area contributed by atoms with Crippen LogP contribution in [-0.2, 0) is 12.7 Å². The number of hydrogen-bond donors (Lipinski definition) is 0. The topological polar surface area (TPSA) is 48.1 Å². The third-order valence-electron chi connectivity index (χ3n) is 4.84. The smallest absolute Gasteiger partial charge is 0.332 e. The Morgan fingerprint density at radius 3 is 2.23 bits per heavy atom. The molecule has 0 spiro atoms. The molecule has 0 unspecified atom stereocenters. The Labute approximate surface area is 174 Å². The number of nitrogens with zero attached hydrogens (tertiary/aromatic N) is 2. The van der Waals surface area contributed by atoms with E-state index < -0.39 is 16.8 Å². The number of nitro benzene ring substituents is 1. The molecule has 1 heterocycles. The second-order valence-electron chi connectivity index (χ2n) is 6.76. The van der Waals surface area contributed by atoms with Crippen molar-refractivity contribution in [2.45, 2.75) is 12.7 Å². The average Bonchev–Trinajstić information content (AvgIpc) is 3.02. The number of hydrogen-bond acceptors (Lipinski definition) is 2. The molecule has 0 aliphatic rings. The third kappa shape index (κ3) is 3.64. The Kier molecular flexibility index (Phi) is 4.99. The molecule has 0 fully saturated rings. The number of aromatic nitrogens is 1. The lowest BCUT2D eigenvalue weighted by atomic mass is 10.0. The fraction of sp³-hybridized carbons (Fsp3) is 0.0909. The molecule has 8 heteroatoms. The predicted octanol–water partition coefficient (Wildman–Crippen LogP) is 6.94. The first-order valence-electron chi connectivity index (χ1n) is 8.93. The van der Waals surface area contributed by atoms with Gasteiger partial charge in [-0.1, -0.05) is 54.1 Å². The van der Waals surface area contributed by atoms with Gasteiger partial charge in [-0.25, -0.2) is 0 Å². The van der Waals surface area contributed by atoms with E-state index in [0.29, 0.717) is 27.1 Å². The summed E-state index contributed by atoms with van der Waals surface area (Å²) in [4.78, 5) is 10.3. The summed E-state index contributed by atoms with van der Waals surface area (Å²) in [6, 6.07) is 18.5. The Morgan fingerprint density at radius 2 is 1.63 bits per heavy atom. The molecule has 30 heavy (non-hydrogen) atoms. The van der Waals surface area contributed by atoms with Crippen LogP contribution in [0, 0.1) is 10.1 Å². The van der Waals surface area contributed by atoms with E-state index in [4.69, 9.17) is 11.6 Å². The lowest BCUT2D eigenvalue weighted by molar-refractivity contribution is -0.384. The lowest BCUT2D eigenvalue weighted by Crippen LogP contribution is -2.15. The van der Waals surface area contributed by atoms with Crippen LogP contribution in [0.25, 0.3) is 22.0 Å². The van der Waals surface area contributed by atoms with Crippen molar-refractivity contribution in [2.24, 2.45) is 0 Å². The van der Waals surface area contributed by atoms with E-state index >= 15 is 0 Å². The highest BCUT2D eigenvalue weighted by Gasteiger charge is 2.39. The normalized spacial score (nSPS) is 11.7. The molecule has 0 bridgehead atoms. The quantitative estimate of drug-likeness (QED) is 0.260. The van der Waals surface area contributed by atoms with Gasteiger partial charge in [0.25, 0.3) is 5.69 Å². The summed E-state index contributed by atoms with van der Waals surface area (Å²) in [5, 5.41) is 11.6. The minimum Gasteiger partial charge on any atom is -0.332 e. The van der Waals surface area contributed by atoms with Crippen molar-refractivity contribution in [1.29, 1.82) is 0 Å². The van der Waals surface area contributed by atoms with E-state index in [0.717, 1.165) is 0 Å². The average molecular weight is 431 g/mol. The van der Waals surface area contributed by atoms with Crippen molar-refractivity contribution in [1.82, 2.24) is 4.57 Å². The summed E-state index contributed by atoms with van der Waals surface area (Å²) in [6.07, 6.45) is -4.63. The van der Waals surface area contributed by atoms with Gasteiger partial charge in [0.15, 0.2) is 0 Å². The second-order valence-corrected chi connectivity index (χ2v) is 7.20. The van der Waals surface area contributed by atoms with E-state index in [2.05, 4.69) is 0 Å². The van der Waals surface area contributed by atoms with Crippen LogP contribution in [-0.4, -0.2) is 9.49 Å². The Balaban J connectivity index is 1.98. The zero-order valence-corrected chi connectivity index (χ0v) is 16.1. The molecule has 152 valence electrons. The molecule has 4 rings (SSSR count). The molecule has 0 aliphatic heterocycles. The maximum atomic E-state index is 14.3. The first-order chi connectivity index (χ1) is 14.3. The lowest BCUT2D eigenvalue weighted by Gasteiger charge is -2.15. The number of alkyl halides is 3. The number of benzene rings is 3. The summed E-state index contributed by atoms with van der Waals surface area (Å²) in [6.45, 7) is -0.0994. The number of non-ortho nitro benzene ring substituents is 1. The first kappa shape index (κ1) is 20.0. The summed E-state index contributed by atoms with van der Waals surface area (Å²) in [7, 11) is 0. The van der Waals surface area contributed by atoms with Gasteiger partial charge in [-0.05, 0) is 29.3 Å². The van der Waals surface area contributed by atoms with Crippen LogP contribution in [0.1, 0.15) is 11.3 Å². The van der Waals surface area contributed by atoms with E-state index in [9.17, 15) is 23.3 Å². The van der Waals surface area contributed by atoms with Gasteiger partial charge >= 0.3 is 6.18 Å². The molecule has 0 saturated carbocycles. The SMILES string of the molecule is O=[N+]([O-])c1ccc(Cn2c(C(F)(F)F)c(-c3ccccc3)c3cc(Cl)ccc32)cc1. The van der Waals surface area contributed by atoms with Crippen LogP contribution in [0.5, 0.6) is 0 Å². The van der Waals surface area contributed by atoms with Gasteiger partial charge in [0.2, 0.25) is 0 Å². The minimum absolute atomic E-state index is 0.0579. The summed E-state index contributed by atoms with van der Waals surface area (Å²) < 4.78 is 44.0. The molecule has 0 saturated heterocycles. The van der Waals surface area contributed by atoms with E-state index in [-0.39, 0.29) is 17.8 Å². The summed E-state index contributed by atoms with van der Waals surface area (Å²) in [5.41, 5.74) is 0.469. The van der Waals surface area contributed by atoms with Gasteiger partial charge in [0.05, 0.1) is 4.92 Å². The summed E-state index contributed by atoms with van der Waals surface area (Å²) >= 11 is 6.11. The maximum absolute atomic E-state index is 14.3. The van der Waals surface area contributed by atoms with Crippen LogP contribution >= 0.6 is 11.6 Å². The predicted molar refractivity (Wildman–Crippen MR) is 110 cm³/mol. The Morgan fingerprint density at radius 1 is 0.967 bits per heavy atom. The minimum atomic E-state index is -4.63. The zero-order valence-electron chi connectivity index (χ0n) is 15.4. The van der Waals surface area contributed by atoms with Gasteiger partial charge in [0.1, 0.15) is 5.69 Å². The molecule has 4 aromatic rings. The zero-order chi connectivity index (χ0) is 21.5. The fourth-order valence-corrected chi connectivity index (χ4v) is 3.76. The van der Waals surface area contributed by atoms with Gasteiger partial charge in [-0.15, -0.1) is 0 Å². The molecule has 0 N–H and O–H groups in total. The Bertz CT molecular complexity index is 1230. The summed E-state index contributed by atoms with van der Waals surface area (Å²) in [5.74, 6) is 0. The molecule has 0 aliphatic carbocycles. The van der Waals surface area contributed by atoms with Crippen molar-refractivity contribution in [3.05, 3.63) is 99.2 Å². The highest BCUT2D eigenvalue weighted by Crippen LogP contribution is 2.44. The molecule has 1 aromatic heterocycles. The van der Waals surface area contributed by atoms with Crippen molar-refractivity contribution in [2.75, 3.05) is 0 Å². The van der Waals surface area contributed by atoms with Crippen molar-refractivity contribution < 1.29 is 18.1 Å². The molecule has 0 radical (unpaired) electrons. The molecule has 0 atom stereocenters. The van der Waals surface area contributed by atoms with Crippen LogP contribution in [0.2, 0.25) is 5.02 Å². The monoisotopic (exact) mass is 430 g/mol. The first-order valence-corrected chi connectivity index (χ1v) is 9.31. The van der Waals surface area contributed by atoms with Gasteiger partial charge in [-0.2, -0.15) is 13.2 Å². The fourth-order valence-electron chi connectivity index (χ4n) is 3.59. The van der Waals surface area contributed by atoms with Crippen LogP contribution < -0.4 is 0 Å². The number of halogens is 4. The van der Waals surface area contributed by atoms with Crippen LogP contribution in [0.4, 0.5) is 18.9 Å². The largest absolute Gasteiger partial charge is 0.432 e. The molecule has 4 nitrogen and oxygen atoms in total. The molecular formula is C22H14ClF3N2O2. The van der Waals surface area contributed by atoms with Gasteiger partial charge in [0, 0.05) is 40.2 Å². The van der Waals surface area contributed by atoms with Crippen LogP contribution in [0.15, 0.2) is 72.8 Å². The number of rotatable bonds is 4. The van der Waals surface area contributed by atoms with E-state index in [1.807, 2.05) is 0 Å². The van der Waals surface area contributed by atoms with Crippen molar-refractivity contribution in [3.8, 4) is 11.1 Å². The molecule has 3 aromatic carbocycles. The maximum Gasteiger partial charge on any atom is 0.432 e. The second kappa shape index (κ2) is 7.50. The third-order valence-corrected chi connectivity index (χ3v) is 5.08. The van der Waals surface area contributed by atoms with Gasteiger partial charge < -0.3 is 4.57 Å². The highest BCUT2D eigenvalue weighted by molar-refractivity contribution is 6.31. The van der Waals surface area contributed by atoms with Crippen LogP contribution in [0.3, 0.4) is 0 Å². The Hall–Kier alpha value is -3.32. The van der Waals surface area contributed by atoms with Crippen molar-refractivity contribution in [3.63, 3.8) is 0 Å². The van der Waals surface area contributed by atoms with E-state index in [1.165, 1.54) is 34.9 Å². The van der Waals surface area contributed by atoms with Gasteiger partial charge in [-0.3, -0.25) is 10.1 Å². The molecule has 0 amide bonds. The van der Waals surface area contributed by atoms with Crippen molar-refractivity contribution >= 4 is 28.2 Å². The number of nitro groups is 1.